The van der Waals surface area contributed by atoms with E-state index in [1.165, 1.54) is 17.7 Å². The maximum absolute atomic E-state index is 6.38. The van der Waals surface area contributed by atoms with Crippen LogP contribution in [0.1, 0.15) is 37.1 Å². The van der Waals surface area contributed by atoms with Crippen molar-refractivity contribution < 1.29 is 4.74 Å². The summed E-state index contributed by atoms with van der Waals surface area (Å²) in [4.78, 5) is 3.83. The topological polar surface area (TPSA) is 38.5 Å². The molecular formula is C15H25ClN2OS. The zero-order valence-electron chi connectivity index (χ0n) is 12.3. The van der Waals surface area contributed by atoms with Crippen molar-refractivity contribution in [2.24, 2.45) is 11.7 Å². The Morgan fingerprint density at radius 1 is 1.45 bits per heavy atom. The fraction of sp³-hybridized carbons (Fsp3) is 0.733. The van der Waals surface area contributed by atoms with Crippen molar-refractivity contribution in [1.29, 1.82) is 0 Å². The Hall–Kier alpha value is -0.130. The van der Waals surface area contributed by atoms with Gasteiger partial charge in [-0.25, -0.2) is 0 Å². The van der Waals surface area contributed by atoms with E-state index in [-0.39, 0.29) is 6.04 Å². The molecule has 0 bridgehead atoms. The number of hydrogen-bond donors (Lipinski definition) is 1. The quantitative estimate of drug-likeness (QED) is 0.872. The van der Waals surface area contributed by atoms with Crippen LogP contribution in [0.4, 0.5) is 0 Å². The van der Waals surface area contributed by atoms with E-state index in [2.05, 4.69) is 17.9 Å². The monoisotopic (exact) mass is 316 g/mol. The maximum atomic E-state index is 6.38. The van der Waals surface area contributed by atoms with Crippen molar-refractivity contribution in [3.8, 4) is 0 Å². The molecule has 1 aliphatic heterocycles. The van der Waals surface area contributed by atoms with Crippen LogP contribution in [0.15, 0.2) is 12.1 Å². The second-order valence-corrected chi connectivity index (χ2v) is 7.34. The van der Waals surface area contributed by atoms with Gasteiger partial charge in [0.05, 0.1) is 10.4 Å². The first-order valence-electron chi connectivity index (χ1n) is 7.39. The molecule has 1 aromatic heterocycles. The lowest BCUT2D eigenvalue weighted by Gasteiger charge is -2.39. The smallest absolute Gasteiger partial charge is 0.0931 e. The van der Waals surface area contributed by atoms with Crippen LogP contribution in [0.2, 0.25) is 4.34 Å². The van der Waals surface area contributed by atoms with Crippen LogP contribution in [0.3, 0.4) is 0 Å². The van der Waals surface area contributed by atoms with Crippen molar-refractivity contribution in [3.05, 3.63) is 21.3 Å². The van der Waals surface area contributed by atoms with Gasteiger partial charge in [0.15, 0.2) is 0 Å². The fourth-order valence-electron chi connectivity index (χ4n) is 3.01. The average molecular weight is 317 g/mol. The Bertz CT molecular complexity index is 404. The van der Waals surface area contributed by atoms with Crippen LogP contribution in [0, 0.1) is 5.92 Å². The Labute approximate surface area is 131 Å². The van der Waals surface area contributed by atoms with Gasteiger partial charge in [0, 0.05) is 24.6 Å². The third-order valence-electron chi connectivity index (χ3n) is 4.21. The van der Waals surface area contributed by atoms with Gasteiger partial charge in [0.25, 0.3) is 0 Å². The average Bonchev–Trinajstić information content (AvgIpc) is 2.87. The summed E-state index contributed by atoms with van der Waals surface area (Å²) in [5.74, 6) is 0.696. The molecule has 0 saturated carbocycles. The molecule has 2 heterocycles. The highest BCUT2D eigenvalue weighted by molar-refractivity contribution is 7.16. The molecule has 0 spiro atoms. The van der Waals surface area contributed by atoms with Crippen LogP contribution in [0.25, 0.3) is 0 Å². The van der Waals surface area contributed by atoms with Crippen molar-refractivity contribution in [2.75, 3.05) is 26.8 Å². The Morgan fingerprint density at radius 3 is 2.65 bits per heavy atom. The van der Waals surface area contributed by atoms with E-state index >= 15 is 0 Å². The van der Waals surface area contributed by atoms with E-state index in [1.54, 1.807) is 18.4 Å². The first-order chi connectivity index (χ1) is 9.65. The number of methoxy groups -OCH3 is 1. The van der Waals surface area contributed by atoms with Gasteiger partial charge in [-0.1, -0.05) is 18.5 Å². The first-order valence-corrected chi connectivity index (χ1v) is 8.59. The number of rotatable bonds is 6. The zero-order chi connectivity index (χ0) is 14.5. The number of likely N-dealkylation sites (tertiary alicyclic amines) is 1. The van der Waals surface area contributed by atoms with Gasteiger partial charge < -0.3 is 10.5 Å². The van der Waals surface area contributed by atoms with Gasteiger partial charge in [0.1, 0.15) is 0 Å². The Balaban J connectivity index is 2.05. The van der Waals surface area contributed by atoms with E-state index < -0.39 is 0 Å². The number of halogens is 1. The summed E-state index contributed by atoms with van der Waals surface area (Å²) in [5.41, 5.74) is 6.38. The number of piperidine rings is 1. The van der Waals surface area contributed by atoms with Gasteiger partial charge in [-0.3, -0.25) is 4.90 Å². The molecule has 1 saturated heterocycles. The third kappa shape index (κ3) is 3.95. The van der Waals surface area contributed by atoms with Crippen LogP contribution >= 0.6 is 22.9 Å². The molecule has 2 N–H and O–H groups in total. The molecule has 5 heteroatoms. The lowest BCUT2D eigenvalue weighted by molar-refractivity contribution is 0.0725. The second kappa shape index (κ2) is 7.76. The second-order valence-electron chi connectivity index (χ2n) is 5.59. The molecule has 1 fully saturated rings. The molecule has 2 rings (SSSR count). The third-order valence-corrected chi connectivity index (χ3v) is 5.51. The maximum Gasteiger partial charge on any atom is 0.0931 e. The normalized spacial score (nSPS) is 21.0. The molecule has 1 aromatic rings. The summed E-state index contributed by atoms with van der Waals surface area (Å²) in [6.45, 7) is 5.23. The number of hydrogen-bond acceptors (Lipinski definition) is 4. The Kier molecular flexibility index (Phi) is 6.30. The highest BCUT2D eigenvalue weighted by Crippen LogP contribution is 2.35. The minimum absolute atomic E-state index is 0.170. The largest absolute Gasteiger partial charge is 0.384 e. The summed E-state index contributed by atoms with van der Waals surface area (Å²) in [5, 5.41) is 0. The number of ether oxygens (including phenoxy) is 1. The molecule has 3 nitrogen and oxygen atoms in total. The summed E-state index contributed by atoms with van der Waals surface area (Å²) < 4.78 is 6.12. The van der Waals surface area contributed by atoms with E-state index in [0.717, 1.165) is 30.5 Å². The molecule has 0 radical (unpaired) electrons. The number of nitrogens with two attached hydrogens (primary N) is 1. The van der Waals surface area contributed by atoms with Crippen LogP contribution < -0.4 is 5.73 Å². The lowest BCUT2D eigenvalue weighted by Crippen LogP contribution is -2.44. The zero-order valence-corrected chi connectivity index (χ0v) is 13.9. The van der Waals surface area contributed by atoms with Crippen LogP contribution in [-0.2, 0) is 4.74 Å². The molecule has 20 heavy (non-hydrogen) atoms. The molecule has 2 unspecified atom stereocenters. The number of nitrogens with zero attached hydrogens (tertiary/aromatic N) is 1. The van der Waals surface area contributed by atoms with Gasteiger partial charge in [-0.15, -0.1) is 11.3 Å². The highest BCUT2D eigenvalue weighted by atomic mass is 35.5. The summed E-state index contributed by atoms with van der Waals surface area (Å²) in [6.07, 6.45) is 3.37. The van der Waals surface area contributed by atoms with E-state index in [1.807, 2.05) is 6.07 Å². The molecule has 0 amide bonds. The van der Waals surface area contributed by atoms with Crippen LogP contribution in [0.5, 0.6) is 0 Å². The molecule has 1 aliphatic rings. The molecule has 0 aromatic carbocycles. The van der Waals surface area contributed by atoms with Gasteiger partial charge in [-0.2, -0.15) is 0 Å². The van der Waals surface area contributed by atoms with Gasteiger partial charge in [-0.05, 0) is 50.4 Å². The van der Waals surface area contributed by atoms with E-state index in [0.29, 0.717) is 12.0 Å². The molecule has 114 valence electrons. The SMILES string of the molecule is CCC(N)C(c1ccc(Cl)s1)N1CCC(COC)CC1. The van der Waals surface area contributed by atoms with Gasteiger partial charge >= 0.3 is 0 Å². The van der Waals surface area contributed by atoms with Gasteiger partial charge in [0.2, 0.25) is 0 Å². The van der Waals surface area contributed by atoms with Crippen molar-refractivity contribution >= 4 is 22.9 Å². The molecular weight excluding hydrogens is 292 g/mol. The fourth-order valence-corrected chi connectivity index (χ4v) is 4.28. The summed E-state index contributed by atoms with van der Waals surface area (Å²) >= 11 is 7.76. The van der Waals surface area contributed by atoms with Crippen molar-refractivity contribution in [3.63, 3.8) is 0 Å². The van der Waals surface area contributed by atoms with E-state index in [4.69, 9.17) is 22.1 Å². The molecule has 0 aliphatic carbocycles. The number of thiophene rings is 1. The first kappa shape index (κ1) is 16.2. The van der Waals surface area contributed by atoms with Crippen molar-refractivity contribution in [2.45, 2.75) is 38.3 Å². The predicted octanol–water partition coefficient (Wildman–Crippen LogP) is 3.54. The molecule has 2 atom stereocenters. The summed E-state index contributed by atoms with van der Waals surface area (Å²) in [6, 6.07) is 4.59. The van der Waals surface area contributed by atoms with Crippen LogP contribution in [-0.4, -0.2) is 37.7 Å². The van der Waals surface area contributed by atoms with E-state index in [9.17, 15) is 0 Å². The lowest BCUT2D eigenvalue weighted by atomic mass is 9.94. The highest BCUT2D eigenvalue weighted by Gasteiger charge is 2.30. The minimum atomic E-state index is 0.170. The summed E-state index contributed by atoms with van der Waals surface area (Å²) in [7, 11) is 1.79. The predicted molar refractivity (Wildman–Crippen MR) is 86.5 cm³/mol. The minimum Gasteiger partial charge on any atom is -0.384 e. The standard InChI is InChI=1S/C15H25ClN2OS/c1-3-12(17)15(13-4-5-14(16)20-13)18-8-6-11(7-9-18)10-19-2/h4-5,11-12,15H,3,6-10,17H2,1-2H3. The van der Waals surface area contributed by atoms with Crippen molar-refractivity contribution in [1.82, 2.24) is 4.90 Å². The Morgan fingerprint density at radius 2 is 2.15 bits per heavy atom.